The van der Waals surface area contributed by atoms with Crippen molar-refractivity contribution in [3.63, 3.8) is 0 Å². The van der Waals surface area contributed by atoms with Gasteiger partial charge in [0.1, 0.15) is 5.75 Å². The maximum absolute atomic E-state index is 12.3. The van der Waals surface area contributed by atoms with Gasteiger partial charge in [-0.05, 0) is 77.8 Å². The molecule has 3 rings (SSSR count). The minimum atomic E-state index is -0.213. The van der Waals surface area contributed by atoms with E-state index in [1.165, 1.54) is 0 Å². The summed E-state index contributed by atoms with van der Waals surface area (Å²) in [7, 11) is 0. The predicted octanol–water partition coefficient (Wildman–Crippen LogP) is 4.58. The monoisotopic (exact) mass is 380 g/mol. The third kappa shape index (κ3) is 5.43. The average molecular weight is 380 g/mol. The van der Waals surface area contributed by atoms with Crippen molar-refractivity contribution in [3.8, 4) is 5.75 Å². The molecule has 27 heavy (non-hydrogen) atoms. The lowest BCUT2D eigenvalue weighted by molar-refractivity contribution is -0.115. The topological polar surface area (TPSA) is 67.4 Å². The largest absolute Gasteiger partial charge is 0.494 e. The maximum atomic E-state index is 12.3. The number of thiophene rings is 1. The molecule has 0 unspecified atom stereocenters. The van der Waals surface area contributed by atoms with Crippen LogP contribution < -0.4 is 15.4 Å². The molecule has 0 aliphatic heterocycles. The van der Waals surface area contributed by atoms with Crippen LogP contribution in [0.4, 0.5) is 11.4 Å². The van der Waals surface area contributed by atoms with Crippen LogP contribution in [0, 0.1) is 0 Å². The van der Waals surface area contributed by atoms with E-state index < -0.39 is 0 Å². The normalized spacial score (nSPS) is 10.3. The fourth-order valence-electron chi connectivity index (χ4n) is 2.49. The van der Waals surface area contributed by atoms with E-state index in [1.54, 1.807) is 47.7 Å². The van der Waals surface area contributed by atoms with E-state index in [4.69, 9.17) is 4.74 Å². The van der Waals surface area contributed by atoms with Gasteiger partial charge in [-0.2, -0.15) is 11.3 Å². The first kappa shape index (κ1) is 18.7. The SMILES string of the molecule is CCOc1ccc(NC(=O)c2ccc(NC(=O)Cc3ccsc3)cc2)cc1. The van der Waals surface area contributed by atoms with Crippen molar-refractivity contribution in [3.05, 3.63) is 76.5 Å². The van der Waals surface area contributed by atoms with Crippen molar-refractivity contribution in [1.82, 2.24) is 0 Å². The first-order valence-electron chi connectivity index (χ1n) is 8.59. The van der Waals surface area contributed by atoms with Gasteiger partial charge in [0.2, 0.25) is 5.91 Å². The smallest absolute Gasteiger partial charge is 0.255 e. The minimum Gasteiger partial charge on any atom is -0.494 e. The Morgan fingerprint density at radius 3 is 2.22 bits per heavy atom. The summed E-state index contributed by atoms with van der Waals surface area (Å²) in [6.07, 6.45) is 0.337. The third-order valence-electron chi connectivity index (χ3n) is 3.80. The van der Waals surface area contributed by atoms with Gasteiger partial charge < -0.3 is 15.4 Å². The second-order valence-corrected chi connectivity index (χ2v) is 6.63. The van der Waals surface area contributed by atoms with Gasteiger partial charge in [-0.25, -0.2) is 0 Å². The average Bonchev–Trinajstić information content (AvgIpc) is 3.17. The molecule has 0 fully saturated rings. The quantitative estimate of drug-likeness (QED) is 0.630. The van der Waals surface area contributed by atoms with E-state index in [-0.39, 0.29) is 11.8 Å². The van der Waals surface area contributed by atoms with Crippen molar-refractivity contribution < 1.29 is 14.3 Å². The molecule has 0 saturated heterocycles. The number of nitrogens with one attached hydrogen (secondary N) is 2. The number of hydrogen-bond acceptors (Lipinski definition) is 4. The number of amides is 2. The van der Waals surface area contributed by atoms with E-state index in [0.29, 0.717) is 30.0 Å². The number of carbonyl (C=O) groups is 2. The van der Waals surface area contributed by atoms with Crippen LogP contribution in [0.25, 0.3) is 0 Å². The van der Waals surface area contributed by atoms with Crippen LogP contribution in [-0.2, 0) is 11.2 Å². The fraction of sp³-hybridized carbons (Fsp3) is 0.143. The van der Waals surface area contributed by atoms with E-state index in [2.05, 4.69) is 10.6 Å². The maximum Gasteiger partial charge on any atom is 0.255 e. The lowest BCUT2D eigenvalue weighted by Gasteiger charge is -2.08. The molecule has 0 aliphatic carbocycles. The molecule has 2 aromatic carbocycles. The Hall–Kier alpha value is -3.12. The molecule has 5 nitrogen and oxygen atoms in total. The molecular weight excluding hydrogens is 360 g/mol. The number of hydrogen-bond donors (Lipinski definition) is 2. The zero-order chi connectivity index (χ0) is 19.1. The highest BCUT2D eigenvalue weighted by Gasteiger charge is 2.08. The molecule has 0 bridgehead atoms. The third-order valence-corrected chi connectivity index (χ3v) is 4.53. The van der Waals surface area contributed by atoms with Crippen LogP contribution in [0.1, 0.15) is 22.8 Å². The summed E-state index contributed by atoms with van der Waals surface area (Å²) in [5, 5.41) is 9.57. The molecule has 6 heteroatoms. The first-order chi connectivity index (χ1) is 13.1. The molecule has 1 aromatic heterocycles. The molecule has 2 amide bonds. The van der Waals surface area contributed by atoms with Gasteiger partial charge >= 0.3 is 0 Å². The Morgan fingerprint density at radius 1 is 0.926 bits per heavy atom. The second-order valence-electron chi connectivity index (χ2n) is 5.85. The van der Waals surface area contributed by atoms with E-state index in [1.807, 2.05) is 35.9 Å². The highest BCUT2D eigenvalue weighted by Crippen LogP contribution is 2.17. The van der Waals surface area contributed by atoms with Gasteiger partial charge in [-0.1, -0.05) is 0 Å². The van der Waals surface area contributed by atoms with Gasteiger partial charge in [0, 0.05) is 16.9 Å². The zero-order valence-electron chi connectivity index (χ0n) is 14.9. The lowest BCUT2D eigenvalue weighted by atomic mass is 10.1. The van der Waals surface area contributed by atoms with Crippen molar-refractivity contribution in [2.24, 2.45) is 0 Å². The van der Waals surface area contributed by atoms with Crippen molar-refractivity contribution in [2.45, 2.75) is 13.3 Å². The van der Waals surface area contributed by atoms with E-state index in [9.17, 15) is 9.59 Å². The number of ether oxygens (including phenoxy) is 1. The standard InChI is InChI=1S/C21H20N2O3S/c1-2-26-19-9-7-18(8-10-19)23-21(25)16-3-5-17(6-4-16)22-20(24)13-15-11-12-27-14-15/h3-12,14H,2,13H2,1H3,(H,22,24)(H,23,25). The number of benzene rings is 2. The Kier molecular flexibility index (Phi) is 6.22. The van der Waals surface area contributed by atoms with Gasteiger partial charge in [-0.3, -0.25) is 9.59 Å². The van der Waals surface area contributed by atoms with E-state index in [0.717, 1.165) is 11.3 Å². The zero-order valence-corrected chi connectivity index (χ0v) is 15.7. The Bertz CT molecular complexity index is 888. The predicted molar refractivity (Wildman–Crippen MR) is 109 cm³/mol. The van der Waals surface area contributed by atoms with Gasteiger partial charge in [0.05, 0.1) is 13.0 Å². The molecular formula is C21H20N2O3S. The summed E-state index contributed by atoms with van der Waals surface area (Å²) in [5.41, 5.74) is 2.85. The van der Waals surface area contributed by atoms with Gasteiger partial charge in [0.25, 0.3) is 5.91 Å². The summed E-state index contributed by atoms with van der Waals surface area (Å²) in [6, 6.07) is 15.9. The summed E-state index contributed by atoms with van der Waals surface area (Å²) >= 11 is 1.57. The molecule has 2 N–H and O–H groups in total. The first-order valence-corrected chi connectivity index (χ1v) is 9.53. The number of rotatable bonds is 7. The molecule has 0 spiro atoms. The van der Waals surface area contributed by atoms with E-state index >= 15 is 0 Å². The molecule has 138 valence electrons. The van der Waals surface area contributed by atoms with Crippen LogP contribution in [0.15, 0.2) is 65.4 Å². The molecule has 0 radical (unpaired) electrons. The van der Waals surface area contributed by atoms with Crippen LogP contribution in [0.3, 0.4) is 0 Å². The molecule has 1 heterocycles. The molecule has 0 saturated carbocycles. The Labute approximate surface area is 162 Å². The minimum absolute atomic E-state index is 0.0833. The van der Waals surface area contributed by atoms with Crippen LogP contribution >= 0.6 is 11.3 Å². The summed E-state index contributed by atoms with van der Waals surface area (Å²) < 4.78 is 5.38. The summed E-state index contributed by atoms with van der Waals surface area (Å²) in [4.78, 5) is 24.4. The lowest BCUT2D eigenvalue weighted by Crippen LogP contribution is -2.15. The Morgan fingerprint density at radius 2 is 1.59 bits per heavy atom. The molecule has 3 aromatic rings. The van der Waals surface area contributed by atoms with Crippen LogP contribution in [-0.4, -0.2) is 18.4 Å². The number of carbonyl (C=O) groups excluding carboxylic acids is 2. The van der Waals surface area contributed by atoms with Crippen LogP contribution in [0.2, 0.25) is 0 Å². The van der Waals surface area contributed by atoms with Crippen LogP contribution in [0.5, 0.6) is 5.75 Å². The highest BCUT2D eigenvalue weighted by molar-refractivity contribution is 7.08. The van der Waals surface area contributed by atoms with Gasteiger partial charge in [0.15, 0.2) is 0 Å². The summed E-state index contributed by atoms with van der Waals surface area (Å²) in [5.74, 6) is 0.466. The molecule has 0 aliphatic rings. The fourth-order valence-corrected chi connectivity index (χ4v) is 3.16. The Balaban J connectivity index is 1.55. The van der Waals surface area contributed by atoms with Gasteiger partial charge in [-0.15, -0.1) is 0 Å². The summed E-state index contributed by atoms with van der Waals surface area (Å²) in [6.45, 7) is 2.52. The molecule has 0 atom stereocenters. The van der Waals surface area contributed by atoms with Crippen molar-refractivity contribution in [2.75, 3.05) is 17.2 Å². The van der Waals surface area contributed by atoms with Crippen molar-refractivity contribution in [1.29, 1.82) is 0 Å². The van der Waals surface area contributed by atoms with Crippen molar-refractivity contribution >= 4 is 34.5 Å². The highest BCUT2D eigenvalue weighted by atomic mass is 32.1. The number of anilines is 2. The second kappa shape index (κ2) is 9.00.